The maximum Gasteiger partial charge on any atom is 0.407 e. The minimum absolute atomic E-state index is 0.0479. The van der Waals surface area contributed by atoms with Crippen molar-refractivity contribution in [2.75, 3.05) is 6.54 Å². The normalized spacial score (nSPS) is 12.0. The molecule has 1 rings (SSSR count). The van der Waals surface area contributed by atoms with Crippen molar-refractivity contribution in [2.45, 2.75) is 58.3 Å². The van der Waals surface area contributed by atoms with Crippen LogP contribution in [0.4, 0.5) is 9.59 Å². The molecule has 8 heteroatoms. The largest absolute Gasteiger partial charge is 0.548 e. The molecule has 0 bridgehead atoms. The Balaban J connectivity index is 2.26. The Morgan fingerprint density at radius 3 is 2.33 bits per heavy atom. The zero-order valence-corrected chi connectivity index (χ0v) is 15.9. The highest BCUT2D eigenvalue weighted by atomic mass is 16.6. The number of carbonyl (C=O) groups excluding carboxylic acids is 3. The van der Waals surface area contributed by atoms with Crippen molar-refractivity contribution < 1.29 is 29.0 Å². The molecule has 0 aliphatic heterocycles. The number of carboxylic acid groups (broad SMARTS) is 1. The number of hydrogen-bond acceptors (Lipinski definition) is 6. The third-order valence-electron chi connectivity index (χ3n) is 3.38. The smallest absolute Gasteiger partial charge is 0.407 e. The standard InChI is InChI=1S/C19H28N2O6/c1-19(2,3)27-17(24)20-12-8-7-11-15(16(22)23)21-18(25)26-13-14-9-5-4-6-10-14/h4-6,9-10,15H,7-8,11-13H2,1-3H3,(H,20,24)(H,21,25)(H,22,23)/p-1/t15-/m0/s1. The number of rotatable bonds is 9. The predicted molar refractivity (Wildman–Crippen MR) is 96.6 cm³/mol. The summed E-state index contributed by atoms with van der Waals surface area (Å²) in [5.41, 5.74) is 0.222. The van der Waals surface area contributed by atoms with E-state index in [0.29, 0.717) is 19.4 Å². The van der Waals surface area contributed by atoms with E-state index < -0.39 is 29.8 Å². The quantitative estimate of drug-likeness (QED) is 0.631. The van der Waals surface area contributed by atoms with E-state index in [1.54, 1.807) is 32.9 Å². The minimum atomic E-state index is -1.38. The first-order chi connectivity index (χ1) is 12.7. The molecule has 1 aromatic carbocycles. The van der Waals surface area contributed by atoms with Crippen molar-refractivity contribution in [1.29, 1.82) is 0 Å². The third kappa shape index (κ3) is 10.7. The molecule has 2 amide bonds. The van der Waals surface area contributed by atoms with Crippen LogP contribution in [0.2, 0.25) is 0 Å². The first kappa shape index (κ1) is 22.3. The molecular formula is C19H27N2O6-. The van der Waals surface area contributed by atoms with Gasteiger partial charge in [-0.15, -0.1) is 0 Å². The lowest BCUT2D eigenvalue weighted by Gasteiger charge is -2.20. The van der Waals surface area contributed by atoms with Crippen LogP contribution < -0.4 is 15.7 Å². The number of benzene rings is 1. The fourth-order valence-corrected chi connectivity index (χ4v) is 2.13. The summed E-state index contributed by atoms with van der Waals surface area (Å²) in [6.07, 6.45) is -0.183. The van der Waals surface area contributed by atoms with Gasteiger partial charge in [0.25, 0.3) is 0 Å². The van der Waals surface area contributed by atoms with E-state index in [1.165, 1.54) is 0 Å². The van der Waals surface area contributed by atoms with Gasteiger partial charge in [-0.05, 0) is 45.6 Å². The zero-order chi connectivity index (χ0) is 20.3. The summed E-state index contributed by atoms with van der Waals surface area (Å²) < 4.78 is 10.1. The molecule has 1 atom stereocenters. The third-order valence-corrected chi connectivity index (χ3v) is 3.38. The average molecular weight is 379 g/mol. The van der Waals surface area contributed by atoms with Gasteiger partial charge in [0.15, 0.2) is 0 Å². The molecule has 150 valence electrons. The van der Waals surface area contributed by atoms with Crippen LogP contribution in [0.1, 0.15) is 45.6 Å². The molecule has 2 N–H and O–H groups in total. The summed E-state index contributed by atoms with van der Waals surface area (Å²) in [7, 11) is 0. The summed E-state index contributed by atoms with van der Waals surface area (Å²) in [6.45, 7) is 5.68. The van der Waals surface area contributed by atoms with Crippen molar-refractivity contribution in [3.8, 4) is 0 Å². The number of carbonyl (C=O) groups is 3. The number of aliphatic carboxylic acids is 1. The summed E-state index contributed by atoms with van der Waals surface area (Å²) >= 11 is 0. The van der Waals surface area contributed by atoms with E-state index in [2.05, 4.69) is 10.6 Å². The molecule has 8 nitrogen and oxygen atoms in total. The number of nitrogens with one attached hydrogen (secondary N) is 2. The van der Waals surface area contributed by atoms with E-state index in [0.717, 1.165) is 5.56 Å². The number of hydrogen-bond donors (Lipinski definition) is 2. The monoisotopic (exact) mass is 379 g/mol. The van der Waals surface area contributed by atoms with E-state index in [1.807, 2.05) is 18.2 Å². The predicted octanol–water partition coefficient (Wildman–Crippen LogP) is 1.73. The molecule has 0 unspecified atom stereocenters. The summed E-state index contributed by atoms with van der Waals surface area (Å²) in [5.74, 6) is -1.38. The zero-order valence-electron chi connectivity index (χ0n) is 15.9. The molecule has 0 saturated carbocycles. The number of amides is 2. The Morgan fingerprint density at radius 1 is 1.07 bits per heavy atom. The van der Waals surface area contributed by atoms with Gasteiger partial charge in [-0.1, -0.05) is 30.3 Å². The van der Waals surface area contributed by atoms with Crippen LogP contribution in [-0.4, -0.2) is 36.3 Å². The lowest BCUT2D eigenvalue weighted by molar-refractivity contribution is -0.308. The van der Waals surface area contributed by atoms with Crippen molar-refractivity contribution in [3.63, 3.8) is 0 Å². The molecule has 0 radical (unpaired) electrons. The van der Waals surface area contributed by atoms with Crippen molar-refractivity contribution >= 4 is 18.2 Å². The summed E-state index contributed by atoms with van der Waals surface area (Å²) in [5, 5.41) is 16.0. The number of alkyl carbamates (subject to hydrolysis) is 2. The Kier molecular flexibility index (Phi) is 9.12. The van der Waals surface area contributed by atoms with Crippen LogP contribution in [0.15, 0.2) is 30.3 Å². The maximum absolute atomic E-state index is 11.7. The SMILES string of the molecule is CC(C)(C)OC(=O)NCCCC[C@H](NC(=O)OCc1ccccc1)C(=O)[O-]. The van der Waals surface area contributed by atoms with Gasteiger partial charge in [0.1, 0.15) is 12.2 Å². The summed E-state index contributed by atoms with van der Waals surface area (Å²) in [6, 6.07) is 7.89. The fraction of sp³-hybridized carbons (Fsp3) is 0.526. The second kappa shape index (κ2) is 11.1. The van der Waals surface area contributed by atoms with Crippen LogP contribution >= 0.6 is 0 Å². The molecule has 0 aromatic heterocycles. The fourth-order valence-electron chi connectivity index (χ4n) is 2.13. The van der Waals surface area contributed by atoms with E-state index in [9.17, 15) is 19.5 Å². The molecule has 0 fully saturated rings. The van der Waals surface area contributed by atoms with Gasteiger partial charge in [0.2, 0.25) is 0 Å². The summed E-state index contributed by atoms with van der Waals surface area (Å²) in [4.78, 5) is 34.4. The minimum Gasteiger partial charge on any atom is -0.548 e. The van der Waals surface area contributed by atoms with Crippen LogP contribution in [-0.2, 0) is 20.9 Å². The van der Waals surface area contributed by atoms with Gasteiger partial charge < -0.3 is 30.0 Å². The Hall–Kier alpha value is -2.77. The molecule has 0 saturated heterocycles. The lowest BCUT2D eigenvalue weighted by atomic mass is 10.1. The van der Waals surface area contributed by atoms with Crippen LogP contribution in [0, 0.1) is 0 Å². The molecule has 0 spiro atoms. The number of ether oxygens (including phenoxy) is 2. The lowest BCUT2D eigenvalue weighted by Crippen LogP contribution is -2.48. The molecular weight excluding hydrogens is 352 g/mol. The number of carboxylic acids is 1. The second-order valence-electron chi connectivity index (χ2n) is 7.00. The molecule has 1 aromatic rings. The van der Waals surface area contributed by atoms with Gasteiger partial charge in [0, 0.05) is 6.54 Å². The van der Waals surface area contributed by atoms with Gasteiger partial charge in [-0.3, -0.25) is 0 Å². The van der Waals surface area contributed by atoms with E-state index in [4.69, 9.17) is 9.47 Å². The highest BCUT2D eigenvalue weighted by Crippen LogP contribution is 2.07. The Bertz CT molecular complexity index is 612. The average Bonchev–Trinajstić information content (AvgIpc) is 2.57. The van der Waals surface area contributed by atoms with Crippen LogP contribution in [0.5, 0.6) is 0 Å². The van der Waals surface area contributed by atoms with Crippen molar-refractivity contribution in [3.05, 3.63) is 35.9 Å². The van der Waals surface area contributed by atoms with Crippen LogP contribution in [0.25, 0.3) is 0 Å². The molecule has 27 heavy (non-hydrogen) atoms. The second-order valence-corrected chi connectivity index (χ2v) is 7.00. The van der Waals surface area contributed by atoms with E-state index >= 15 is 0 Å². The van der Waals surface area contributed by atoms with Gasteiger partial charge >= 0.3 is 12.2 Å². The molecule has 0 heterocycles. The molecule has 0 aliphatic rings. The van der Waals surface area contributed by atoms with E-state index in [-0.39, 0.29) is 13.0 Å². The first-order valence-corrected chi connectivity index (χ1v) is 8.82. The Labute approximate surface area is 159 Å². The maximum atomic E-state index is 11.7. The van der Waals surface area contributed by atoms with Crippen molar-refractivity contribution in [1.82, 2.24) is 10.6 Å². The van der Waals surface area contributed by atoms with Gasteiger partial charge in [0.05, 0.1) is 12.0 Å². The highest BCUT2D eigenvalue weighted by Gasteiger charge is 2.16. The van der Waals surface area contributed by atoms with Gasteiger partial charge in [-0.2, -0.15) is 0 Å². The van der Waals surface area contributed by atoms with Crippen LogP contribution in [0.3, 0.4) is 0 Å². The first-order valence-electron chi connectivity index (χ1n) is 8.82. The van der Waals surface area contributed by atoms with Gasteiger partial charge in [-0.25, -0.2) is 9.59 Å². The van der Waals surface area contributed by atoms with Crippen molar-refractivity contribution in [2.24, 2.45) is 0 Å². The molecule has 0 aliphatic carbocycles. The highest BCUT2D eigenvalue weighted by molar-refractivity contribution is 5.78. The topological polar surface area (TPSA) is 117 Å². The number of unbranched alkanes of at least 4 members (excludes halogenated alkanes) is 1. The Morgan fingerprint density at radius 2 is 1.74 bits per heavy atom.